The normalized spacial score (nSPS) is 12.2. The number of nitrogens with one attached hydrogen (secondary N) is 1. The Hall–Kier alpha value is -0.620. The summed E-state index contributed by atoms with van der Waals surface area (Å²) in [5.41, 5.74) is 0.432. The topological polar surface area (TPSA) is 69.6 Å². The Balaban J connectivity index is 2.63. The quantitative estimate of drug-likeness (QED) is 0.782. The Bertz CT molecular complexity index is 386. The van der Waals surface area contributed by atoms with Crippen molar-refractivity contribution in [2.75, 3.05) is 13.2 Å². The van der Waals surface area contributed by atoms with Gasteiger partial charge in [-0.05, 0) is 34.1 Å². The van der Waals surface area contributed by atoms with Gasteiger partial charge in [-0.3, -0.25) is 4.79 Å². The smallest absolute Gasteiger partial charge is 0.251 e. The van der Waals surface area contributed by atoms with Crippen molar-refractivity contribution < 1.29 is 15.0 Å². The van der Waals surface area contributed by atoms with Gasteiger partial charge in [0.05, 0.1) is 17.7 Å². The van der Waals surface area contributed by atoms with Crippen LogP contribution in [-0.2, 0) is 0 Å². The van der Waals surface area contributed by atoms with Crippen molar-refractivity contribution in [3.05, 3.63) is 33.3 Å². The molecule has 0 aliphatic rings. The lowest BCUT2D eigenvalue weighted by Crippen LogP contribution is -2.33. The van der Waals surface area contributed by atoms with Crippen LogP contribution in [0.25, 0.3) is 0 Å². The number of hydrogen-bond donors (Lipinski definition) is 3. The number of amides is 1. The van der Waals surface area contributed by atoms with Crippen LogP contribution in [-0.4, -0.2) is 35.4 Å². The Morgan fingerprint density at radius 1 is 1.56 bits per heavy atom. The van der Waals surface area contributed by atoms with Gasteiger partial charge in [0.25, 0.3) is 5.91 Å². The molecule has 6 heteroatoms. The summed E-state index contributed by atoms with van der Waals surface area (Å²) >= 11 is 8.99. The molecule has 0 aliphatic carbocycles. The molecule has 4 nitrogen and oxygen atoms in total. The fraction of sp³-hybridized carbons (Fsp3) is 0.300. The molecule has 88 valence electrons. The molecule has 1 atom stereocenters. The van der Waals surface area contributed by atoms with Gasteiger partial charge in [-0.15, -0.1) is 0 Å². The third-order valence-electron chi connectivity index (χ3n) is 1.89. The van der Waals surface area contributed by atoms with Crippen LogP contribution < -0.4 is 5.32 Å². The lowest BCUT2D eigenvalue weighted by molar-refractivity contribution is 0.0802. The molecule has 0 aliphatic heterocycles. The van der Waals surface area contributed by atoms with Crippen LogP contribution in [0.5, 0.6) is 0 Å². The van der Waals surface area contributed by atoms with Gasteiger partial charge in [0, 0.05) is 16.6 Å². The third-order valence-corrected chi connectivity index (χ3v) is 3.10. The molecule has 1 amide bonds. The maximum atomic E-state index is 11.6. The maximum absolute atomic E-state index is 11.6. The standard InChI is InChI=1S/C10H11BrClNO3/c11-8-3-6(1-2-9(8)12)10(16)13-4-7(15)5-14/h1-3,7,14-15H,4-5H2,(H,13,16). The Morgan fingerprint density at radius 2 is 2.25 bits per heavy atom. The van der Waals surface area contributed by atoms with Crippen LogP contribution in [0.1, 0.15) is 10.4 Å². The van der Waals surface area contributed by atoms with Crippen LogP contribution in [0.15, 0.2) is 22.7 Å². The predicted octanol–water partition coefficient (Wildman–Crippen LogP) is 1.19. The van der Waals surface area contributed by atoms with Crippen LogP contribution in [0, 0.1) is 0 Å². The lowest BCUT2D eigenvalue weighted by Gasteiger charge is -2.09. The molecule has 0 radical (unpaired) electrons. The van der Waals surface area contributed by atoms with E-state index in [4.69, 9.17) is 21.8 Å². The van der Waals surface area contributed by atoms with Crippen molar-refractivity contribution in [3.8, 4) is 0 Å². The van der Waals surface area contributed by atoms with E-state index in [1.807, 2.05) is 0 Å². The number of hydrogen-bond acceptors (Lipinski definition) is 3. The molecule has 1 aromatic rings. The average Bonchev–Trinajstić information content (AvgIpc) is 2.29. The lowest BCUT2D eigenvalue weighted by atomic mass is 10.2. The summed E-state index contributed by atoms with van der Waals surface area (Å²) in [6.07, 6.45) is -0.945. The molecular formula is C10H11BrClNO3. The van der Waals surface area contributed by atoms with E-state index in [1.165, 1.54) is 0 Å². The van der Waals surface area contributed by atoms with Crippen LogP contribution in [0.4, 0.5) is 0 Å². The van der Waals surface area contributed by atoms with Gasteiger partial charge in [0.2, 0.25) is 0 Å². The molecule has 3 N–H and O–H groups in total. The van der Waals surface area contributed by atoms with Gasteiger partial charge in [-0.1, -0.05) is 11.6 Å². The van der Waals surface area contributed by atoms with Gasteiger partial charge < -0.3 is 15.5 Å². The van der Waals surface area contributed by atoms with Gasteiger partial charge >= 0.3 is 0 Å². The molecule has 0 fully saturated rings. The monoisotopic (exact) mass is 307 g/mol. The second-order valence-corrected chi connectivity index (χ2v) is 4.44. The number of halogens is 2. The fourth-order valence-electron chi connectivity index (χ4n) is 1.01. The molecule has 16 heavy (non-hydrogen) atoms. The molecule has 0 heterocycles. The first kappa shape index (κ1) is 13.4. The molecule has 0 saturated heterocycles. The Labute approximate surface area is 106 Å². The fourth-order valence-corrected chi connectivity index (χ4v) is 1.51. The zero-order valence-electron chi connectivity index (χ0n) is 8.28. The van der Waals surface area contributed by atoms with Crippen molar-refractivity contribution in [1.29, 1.82) is 0 Å². The molecule has 1 unspecified atom stereocenters. The summed E-state index contributed by atoms with van der Waals surface area (Å²) in [5.74, 6) is -0.329. The highest BCUT2D eigenvalue weighted by atomic mass is 79.9. The van der Waals surface area contributed by atoms with E-state index in [0.717, 1.165) is 0 Å². The zero-order chi connectivity index (χ0) is 12.1. The van der Waals surface area contributed by atoms with Crippen LogP contribution in [0.2, 0.25) is 5.02 Å². The largest absolute Gasteiger partial charge is 0.394 e. The molecule has 0 bridgehead atoms. The van der Waals surface area contributed by atoms with Crippen molar-refractivity contribution in [1.82, 2.24) is 5.32 Å². The van der Waals surface area contributed by atoms with Crippen LogP contribution >= 0.6 is 27.5 Å². The minimum Gasteiger partial charge on any atom is -0.394 e. The Morgan fingerprint density at radius 3 is 2.81 bits per heavy atom. The summed E-state index contributed by atoms with van der Waals surface area (Å²) in [5, 5.41) is 20.6. The van der Waals surface area contributed by atoms with Gasteiger partial charge in [-0.2, -0.15) is 0 Å². The first-order valence-electron chi connectivity index (χ1n) is 4.56. The predicted molar refractivity (Wildman–Crippen MR) is 64.6 cm³/mol. The first-order chi connectivity index (χ1) is 7.54. The summed E-state index contributed by atoms with van der Waals surface area (Å²) in [4.78, 5) is 11.6. The molecule has 0 aromatic heterocycles. The van der Waals surface area contributed by atoms with E-state index in [2.05, 4.69) is 21.2 Å². The van der Waals surface area contributed by atoms with Crippen molar-refractivity contribution in [2.45, 2.75) is 6.10 Å². The highest BCUT2D eigenvalue weighted by molar-refractivity contribution is 9.10. The summed E-state index contributed by atoms with van der Waals surface area (Å²) < 4.78 is 0.629. The number of rotatable bonds is 4. The summed E-state index contributed by atoms with van der Waals surface area (Å²) in [7, 11) is 0. The van der Waals surface area contributed by atoms with Gasteiger partial charge in [0.15, 0.2) is 0 Å². The summed E-state index contributed by atoms with van der Waals surface area (Å²) in [6.45, 7) is -0.375. The SMILES string of the molecule is O=C(NCC(O)CO)c1ccc(Cl)c(Br)c1. The minimum atomic E-state index is -0.945. The molecule has 0 spiro atoms. The van der Waals surface area contributed by atoms with Crippen molar-refractivity contribution in [2.24, 2.45) is 0 Å². The molecule has 0 saturated carbocycles. The van der Waals surface area contributed by atoms with E-state index in [1.54, 1.807) is 18.2 Å². The van der Waals surface area contributed by atoms with E-state index in [-0.39, 0.29) is 19.1 Å². The zero-order valence-corrected chi connectivity index (χ0v) is 10.6. The molecule has 1 rings (SSSR count). The first-order valence-corrected chi connectivity index (χ1v) is 5.74. The van der Waals surface area contributed by atoms with Crippen LogP contribution in [0.3, 0.4) is 0 Å². The van der Waals surface area contributed by atoms with E-state index in [0.29, 0.717) is 15.1 Å². The van der Waals surface area contributed by atoms with E-state index in [9.17, 15) is 4.79 Å². The Kier molecular flexibility index (Phi) is 5.21. The highest BCUT2D eigenvalue weighted by Crippen LogP contribution is 2.23. The van der Waals surface area contributed by atoms with Gasteiger partial charge in [-0.25, -0.2) is 0 Å². The van der Waals surface area contributed by atoms with Gasteiger partial charge in [0.1, 0.15) is 0 Å². The van der Waals surface area contributed by atoms with E-state index >= 15 is 0 Å². The highest BCUT2D eigenvalue weighted by Gasteiger charge is 2.09. The number of aliphatic hydroxyl groups excluding tert-OH is 2. The minimum absolute atomic E-state index is 0.00950. The number of aliphatic hydroxyl groups is 2. The number of benzene rings is 1. The number of carbonyl (C=O) groups excluding carboxylic acids is 1. The number of carbonyl (C=O) groups is 1. The molecular weight excluding hydrogens is 297 g/mol. The summed E-state index contributed by atoms with van der Waals surface area (Å²) in [6, 6.07) is 4.76. The second kappa shape index (κ2) is 6.20. The second-order valence-electron chi connectivity index (χ2n) is 3.18. The average molecular weight is 309 g/mol. The van der Waals surface area contributed by atoms with Crippen molar-refractivity contribution in [3.63, 3.8) is 0 Å². The maximum Gasteiger partial charge on any atom is 0.251 e. The van der Waals surface area contributed by atoms with E-state index < -0.39 is 6.10 Å². The van der Waals surface area contributed by atoms with Crippen molar-refractivity contribution >= 4 is 33.4 Å². The third kappa shape index (κ3) is 3.75. The molecule has 1 aromatic carbocycles.